The summed E-state index contributed by atoms with van der Waals surface area (Å²) in [5, 5.41) is 6.18. The molecule has 5 rings (SSSR count). The Morgan fingerprint density at radius 2 is 1.79 bits per heavy atom. The Morgan fingerprint density at radius 1 is 1.16 bits per heavy atom. The molecule has 4 bridgehead atoms. The third-order valence-electron chi connectivity index (χ3n) is 5.68. The van der Waals surface area contributed by atoms with E-state index in [1.165, 1.54) is 35.0 Å². The second kappa shape index (κ2) is 4.85. The molecule has 1 heterocycles. The fourth-order valence-electron chi connectivity index (χ4n) is 5.12. The summed E-state index contributed by atoms with van der Waals surface area (Å²) in [7, 11) is 0. The predicted molar refractivity (Wildman–Crippen MR) is 84.4 cm³/mol. The van der Waals surface area contributed by atoms with Crippen LogP contribution in [0.2, 0.25) is 0 Å². The van der Waals surface area contributed by atoms with E-state index in [1.807, 2.05) is 11.3 Å². The molecule has 4 aliphatic carbocycles. The van der Waals surface area contributed by atoms with Gasteiger partial charge in [0.15, 0.2) is 0 Å². The molecule has 0 amide bonds. The Labute approximate surface area is 128 Å². The highest BCUT2D eigenvalue weighted by Crippen LogP contribution is 2.54. The average molecular weight is 340 g/mol. The van der Waals surface area contributed by atoms with Gasteiger partial charge in [-0.2, -0.15) is 0 Å². The van der Waals surface area contributed by atoms with E-state index in [0.29, 0.717) is 6.04 Å². The van der Waals surface area contributed by atoms with Crippen LogP contribution < -0.4 is 5.32 Å². The van der Waals surface area contributed by atoms with Gasteiger partial charge < -0.3 is 5.32 Å². The van der Waals surface area contributed by atoms with E-state index in [9.17, 15) is 0 Å². The minimum absolute atomic E-state index is 0.513. The number of hydrogen-bond donors (Lipinski definition) is 1. The lowest BCUT2D eigenvalue weighted by Gasteiger charge is -2.55. The zero-order valence-corrected chi connectivity index (χ0v) is 13.8. The second-order valence-corrected chi connectivity index (χ2v) is 8.87. The highest BCUT2D eigenvalue weighted by Gasteiger charge is 2.48. The summed E-state index contributed by atoms with van der Waals surface area (Å²) in [5.74, 6) is 4.10. The van der Waals surface area contributed by atoms with Gasteiger partial charge in [-0.3, -0.25) is 0 Å². The first-order valence-electron chi connectivity index (χ1n) is 7.69. The smallest absolute Gasteiger partial charge is 0.0388 e. The normalized spacial score (nSPS) is 41.7. The summed E-state index contributed by atoms with van der Waals surface area (Å²) in [6, 6.07) is 3.58. The van der Waals surface area contributed by atoms with Crippen LogP contribution in [0.15, 0.2) is 15.9 Å². The van der Waals surface area contributed by atoms with Crippen molar-refractivity contribution in [2.24, 2.45) is 23.7 Å². The highest BCUT2D eigenvalue weighted by atomic mass is 79.9. The maximum absolute atomic E-state index is 3.98. The zero-order chi connectivity index (χ0) is 13.0. The fraction of sp³-hybridized carbons (Fsp3) is 0.750. The van der Waals surface area contributed by atoms with Crippen molar-refractivity contribution in [3.63, 3.8) is 0 Å². The van der Waals surface area contributed by atoms with Crippen molar-refractivity contribution in [3.8, 4) is 0 Å². The van der Waals surface area contributed by atoms with Crippen LogP contribution in [-0.4, -0.2) is 6.04 Å². The minimum Gasteiger partial charge on any atom is -0.306 e. The van der Waals surface area contributed by atoms with E-state index < -0.39 is 0 Å². The molecule has 0 spiro atoms. The molecule has 4 aliphatic rings. The summed E-state index contributed by atoms with van der Waals surface area (Å²) >= 11 is 5.44. The molecule has 0 saturated heterocycles. The zero-order valence-electron chi connectivity index (χ0n) is 11.4. The van der Waals surface area contributed by atoms with Gasteiger partial charge in [-0.15, -0.1) is 11.3 Å². The van der Waals surface area contributed by atoms with Gasteiger partial charge >= 0.3 is 0 Å². The highest BCUT2D eigenvalue weighted by molar-refractivity contribution is 9.10. The van der Waals surface area contributed by atoms with E-state index in [0.717, 1.165) is 29.7 Å². The molecule has 4 saturated carbocycles. The van der Waals surface area contributed by atoms with Gasteiger partial charge in [-0.1, -0.05) is 0 Å². The topological polar surface area (TPSA) is 12.0 Å². The first-order valence-corrected chi connectivity index (χ1v) is 9.36. The summed E-state index contributed by atoms with van der Waals surface area (Å²) in [6.45, 7) is 2.34. The van der Waals surface area contributed by atoms with Crippen LogP contribution in [0.3, 0.4) is 0 Å². The minimum atomic E-state index is 0.513. The van der Waals surface area contributed by atoms with Crippen LogP contribution in [0, 0.1) is 23.7 Å². The largest absolute Gasteiger partial charge is 0.306 e. The molecule has 0 aliphatic heterocycles. The lowest BCUT2D eigenvalue weighted by Crippen LogP contribution is -2.54. The van der Waals surface area contributed by atoms with Crippen LogP contribution in [-0.2, 0) is 0 Å². The Bertz CT molecular complexity index is 441. The van der Waals surface area contributed by atoms with Crippen molar-refractivity contribution >= 4 is 27.3 Å². The molecule has 104 valence electrons. The molecule has 1 unspecified atom stereocenters. The van der Waals surface area contributed by atoms with Crippen LogP contribution in [0.25, 0.3) is 0 Å². The van der Waals surface area contributed by atoms with Crippen LogP contribution >= 0.6 is 27.3 Å². The lowest BCUT2D eigenvalue weighted by atomic mass is 9.54. The maximum atomic E-state index is 3.98. The van der Waals surface area contributed by atoms with Crippen LogP contribution in [0.5, 0.6) is 0 Å². The SMILES string of the molecule is CC(NC1C2CC3CC(C2)CC1C3)c1cc(Br)cs1. The van der Waals surface area contributed by atoms with E-state index in [-0.39, 0.29) is 0 Å². The van der Waals surface area contributed by atoms with E-state index >= 15 is 0 Å². The summed E-state index contributed by atoms with van der Waals surface area (Å²) in [6.07, 6.45) is 7.57. The first-order chi connectivity index (χ1) is 9.19. The monoisotopic (exact) mass is 339 g/mol. The van der Waals surface area contributed by atoms with Gasteiger partial charge in [0.25, 0.3) is 0 Å². The van der Waals surface area contributed by atoms with Gasteiger partial charge in [-0.25, -0.2) is 0 Å². The molecular formula is C16H22BrNS. The Hall–Kier alpha value is 0.140. The summed E-state index contributed by atoms with van der Waals surface area (Å²) in [5.41, 5.74) is 0. The van der Waals surface area contributed by atoms with Crippen LogP contribution in [0.1, 0.15) is 49.9 Å². The molecule has 19 heavy (non-hydrogen) atoms. The second-order valence-electron chi connectivity index (χ2n) is 7.01. The van der Waals surface area contributed by atoms with Crippen molar-refractivity contribution < 1.29 is 0 Å². The van der Waals surface area contributed by atoms with E-state index in [2.05, 4.69) is 39.6 Å². The van der Waals surface area contributed by atoms with Crippen molar-refractivity contribution in [1.82, 2.24) is 5.32 Å². The Morgan fingerprint density at radius 3 is 2.32 bits per heavy atom. The van der Waals surface area contributed by atoms with Crippen molar-refractivity contribution in [2.45, 2.75) is 51.1 Å². The van der Waals surface area contributed by atoms with E-state index in [1.54, 1.807) is 6.42 Å². The molecule has 3 heteroatoms. The van der Waals surface area contributed by atoms with Crippen molar-refractivity contribution in [3.05, 3.63) is 20.8 Å². The predicted octanol–water partition coefficient (Wildman–Crippen LogP) is 4.99. The Kier molecular flexibility index (Phi) is 3.28. The molecule has 1 N–H and O–H groups in total. The molecule has 0 aromatic carbocycles. The first kappa shape index (κ1) is 12.8. The van der Waals surface area contributed by atoms with Crippen molar-refractivity contribution in [1.29, 1.82) is 0 Å². The van der Waals surface area contributed by atoms with Gasteiger partial charge in [0.05, 0.1) is 0 Å². The van der Waals surface area contributed by atoms with Crippen LogP contribution in [0.4, 0.5) is 0 Å². The standard InChI is InChI=1S/C16H22BrNS/c1-9(15-7-14(17)8-19-15)18-16-12-3-10-2-11(5-12)6-13(16)4-10/h7-13,16,18H,2-6H2,1H3. The summed E-state index contributed by atoms with van der Waals surface area (Å²) in [4.78, 5) is 1.47. The van der Waals surface area contributed by atoms with Gasteiger partial charge in [0.2, 0.25) is 0 Å². The average Bonchev–Trinajstić information content (AvgIpc) is 2.79. The number of nitrogens with one attached hydrogen (secondary N) is 1. The van der Waals surface area contributed by atoms with Gasteiger partial charge in [0, 0.05) is 26.8 Å². The van der Waals surface area contributed by atoms with Crippen molar-refractivity contribution in [2.75, 3.05) is 0 Å². The number of thiophene rings is 1. The third-order valence-corrected chi connectivity index (χ3v) is 7.56. The van der Waals surface area contributed by atoms with E-state index in [4.69, 9.17) is 0 Å². The fourth-order valence-corrected chi connectivity index (χ4v) is 6.59. The molecule has 1 aromatic heterocycles. The maximum Gasteiger partial charge on any atom is 0.0388 e. The Balaban J connectivity index is 1.48. The quantitative estimate of drug-likeness (QED) is 0.818. The molecule has 4 fully saturated rings. The number of halogens is 1. The lowest BCUT2D eigenvalue weighted by molar-refractivity contribution is -0.0169. The number of rotatable bonds is 3. The number of hydrogen-bond acceptors (Lipinski definition) is 2. The van der Waals surface area contributed by atoms with Gasteiger partial charge in [-0.05, 0) is 84.7 Å². The molecule has 0 radical (unpaired) electrons. The summed E-state index contributed by atoms with van der Waals surface area (Å²) < 4.78 is 1.23. The molecule has 1 aromatic rings. The molecular weight excluding hydrogens is 318 g/mol. The molecule has 1 nitrogen and oxygen atoms in total. The molecule has 1 atom stereocenters. The third kappa shape index (κ3) is 2.32. The van der Waals surface area contributed by atoms with Gasteiger partial charge in [0.1, 0.15) is 0 Å².